The largest absolute Gasteiger partial charge is 0.321 e. The lowest BCUT2D eigenvalue weighted by Crippen LogP contribution is -2.54. The topological polar surface area (TPSA) is 54.3 Å². The first kappa shape index (κ1) is 19.8. The average molecular weight is 416 g/mol. The van der Waals surface area contributed by atoms with Crippen LogP contribution in [0.1, 0.15) is 22.4 Å². The van der Waals surface area contributed by atoms with Gasteiger partial charge in [-0.2, -0.15) is 0 Å². The Morgan fingerprint density at radius 3 is 2.23 bits per heavy atom. The summed E-state index contributed by atoms with van der Waals surface area (Å²) >= 11 is 5.30. The third kappa shape index (κ3) is 3.69. The zero-order chi connectivity index (χ0) is 21.4. The van der Waals surface area contributed by atoms with Crippen LogP contribution in [0.3, 0.4) is 0 Å². The van der Waals surface area contributed by atoms with Gasteiger partial charge in [-0.25, -0.2) is 0 Å². The predicted octanol–water partition coefficient (Wildman–Crippen LogP) is 4.23. The normalized spacial score (nSPS) is 15.6. The monoisotopic (exact) mass is 415 g/mol. The van der Waals surface area contributed by atoms with Crippen molar-refractivity contribution < 1.29 is 9.59 Å². The molecule has 5 nitrogen and oxygen atoms in total. The molecular formula is C24H21N3O2S. The fourth-order valence-corrected chi connectivity index (χ4v) is 3.96. The van der Waals surface area contributed by atoms with E-state index in [0.717, 1.165) is 28.1 Å². The lowest BCUT2D eigenvalue weighted by atomic mass is 10.1. The molecule has 2 heterocycles. The fraction of sp³-hybridized carbons (Fsp3) is 0.125. The summed E-state index contributed by atoms with van der Waals surface area (Å²) in [5.41, 5.74) is 5.50. The minimum Gasteiger partial charge on any atom is -0.321 e. The van der Waals surface area contributed by atoms with E-state index in [-0.39, 0.29) is 10.7 Å². The number of para-hydroxylation sites is 1. The maximum absolute atomic E-state index is 13.2. The number of aryl methyl sites for hydroxylation is 3. The van der Waals surface area contributed by atoms with E-state index in [1.807, 2.05) is 86.1 Å². The molecule has 1 N–H and O–H groups in total. The Balaban J connectivity index is 1.73. The second-order valence-electron chi connectivity index (χ2n) is 7.42. The van der Waals surface area contributed by atoms with Crippen LogP contribution < -0.4 is 10.2 Å². The van der Waals surface area contributed by atoms with E-state index in [4.69, 9.17) is 12.2 Å². The molecule has 0 aliphatic carbocycles. The van der Waals surface area contributed by atoms with Crippen molar-refractivity contribution in [2.24, 2.45) is 0 Å². The van der Waals surface area contributed by atoms with Gasteiger partial charge in [-0.1, -0.05) is 24.3 Å². The number of aromatic nitrogens is 1. The molecule has 4 rings (SSSR count). The number of anilines is 1. The number of hydrogen-bond acceptors (Lipinski definition) is 3. The Bertz CT molecular complexity index is 1190. The van der Waals surface area contributed by atoms with Crippen molar-refractivity contribution in [3.63, 3.8) is 0 Å². The van der Waals surface area contributed by atoms with Crippen molar-refractivity contribution >= 4 is 40.9 Å². The van der Waals surface area contributed by atoms with Crippen LogP contribution in [0, 0.1) is 20.8 Å². The number of thiocarbonyl (C=S) groups is 1. The molecule has 0 saturated carbocycles. The minimum absolute atomic E-state index is 0.0490. The first-order chi connectivity index (χ1) is 14.3. The second-order valence-corrected chi connectivity index (χ2v) is 7.81. The Hall–Kier alpha value is -3.51. The SMILES string of the molecule is Cc1cc(C)cc(N2C(=O)/C(=C\c3cc(C)n(-c4ccccc4)c3)C(=O)NC2=S)c1. The summed E-state index contributed by atoms with van der Waals surface area (Å²) in [4.78, 5) is 27.2. The summed E-state index contributed by atoms with van der Waals surface area (Å²) in [7, 11) is 0. The van der Waals surface area contributed by atoms with Crippen molar-refractivity contribution in [3.05, 3.63) is 88.8 Å². The molecule has 2 amide bonds. The summed E-state index contributed by atoms with van der Waals surface area (Å²) < 4.78 is 2.02. The van der Waals surface area contributed by atoms with Gasteiger partial charge in [0.2, 0.25) is 0 Å². The molecule has 1 saturated heterocycles. The number of nitrogens with one attached hydrogen (secondary N) is 1. The van der Waals surface area contributed by atoms with Crippen LogP contribution in [0.5, 0.6) is 0 Å². The van der Waals surface area contributed by atoms with Crippen molar-refractivity contribution in [1.29, 1.82) is 0 Å². The van der Waals surface area contributed by atoms with Gasteiger partial charge in [-0.15, -0.1) is 0 Å². The van der Waals surface area contributed by atoms with Crippen LogP contribution in [0.15, 0.2) is 66.4 Å². The van der Waals surface area contributed by atoms with E-state index >= 15 is 0 Å². The van der Waals surface area contributed by atoms with Crippen LogP contribution in [0.2, 0.25) is 0 Å². The zero-order valence-electron chi connectivity index (χ0n) is 17.0. The molecule has 150 valence electrons. The Kier molecular flexibility index (Phi) is 5.10. The second kappa shape index (κ2) is 7.72. The highest BCUT2D eigenvalue weighted by atomic mass is 32.1. The maximum Gasteiger partial charge on any atom is 0.270 e. The number of carbonyl (C=O) groups excluding carboxylic acids is 2. The Morgan fingerprint density at radius 1 is 0.900 bits per heavy atom. The van der Waals surface area contributed by atoms with E-state index in [0.29, 0.717) is 5.69 Å². The average Bonchev–Trinajstić information content (AvgIpc) is 3.05. The summed E-state index contributed by atoms with van der Waals surface area (Å²) in [6.45, 7) is 5.89. The van der Waals surface area contributed by atoms with Crippen LogP contribution in [-0.4, -0.2) is 21.5 Å². The number of benzene rings is 2. The lowest BCUT2D eigenvalue weighted by Gasteiger charge is -2.29. The number of nitrogens with zero attached hydrogens (tertiary/aromatic N) is 2. The van der Waals surface area contributed by atoms with Gasteiger partial charge in [-0.3, -0.25) is 19.8 Å². The van der Waals surface area contributed by atoms with Gasteiger partial charge >= 0.3 is 0 Å². The van der Waals surface area contributed by atoms with E-state index in [1.165, 1.54) is 4.90 Å². The van der Waals surface area contributed by atoms with Crippen molar-refractivity contribution in [1.82, 2.24) is 9.88 Å². The standard InChI is InChI=1S/C24H21N3O2S/c1-15-9-16(2)11-20(10-15)27-23(29)21(22(28)25-24(27)30)13-18-12-17(3)26(14-18)19-7-5-4-6-8-19/h4-14H,1-3H3,(H,25,28,30)/b21-13-. The lowest BCUT2D eigenvalue weighted by molar-refractivity contribution is -0.122. The molecule has 1 aliphatic heterocycles. The minimum atomic E-state index is -0.490. The third-order valence-corrected chi connectivity index (χ3v) is 5.23. The summed E-state index contributed by atoms with van der Waals surface area (Å²) in [6.07, 6.45) is 3.52. The quantitative estimate of drug-likeness (QED) is 0.396. The molecule has 30 heavy (non-hydrogen) atoms. The smallest absolute Gasteiger partial charge is 0.270 e. The van der Waals surface area contributed by atoms with Gasteiger partial charge in [0.1, 0.15) is 5.57 Å². The molecular weight excluding hydrogens is 394 g/mol. The van der Waals surface area contributed by atoms with Gasteiger partial charge in [0.15, 0.2) is 5.11 Å². The molecule has 0 bridgehead atoms. The van der Waals surface area contributed by atoms with Crippen LogP contribution in [0.25, 0.3) is 11.8 Å². The predicted molar refractivity (Wildman–Crippen MR) is 123 cm³/mol. The summed E-state index contributed by atoms with van der Waals surface area (Å²) in [5, 5.41) is 2.73. The molecule has 0 spiro atoms. The first-order valence-electron chi connectivity index (χ1n) is 9.57. The Morgan fingerprint density at radius 2 is 1.57 bits per heavy atom. The van der Waals surface area contributed by atoms with Crippen molar-refractivity contribution in [3.8, 4) is 5.69 Å². The van der Waals surface area contributed by atoms with Gasteiger partial charge in [0.25, 0.3) is 11.8 Å². The number of rotatable bonds is 3. The molecule has 1 fully saturated rings. The number of amides is 2. The summed E-state index contributed by atoms with van der Waals surface area (Å²) in [6, 6.07) is 17.6. The highest BCUT2D eigenvalue weighted by Crippen LogP contribution is 2.25. The Labute approximate surface area is 180 Å². The van der Waals surface area contributed by atoms with Crippen LogP contribution >= 0.6 is 12.2 Å². The van der Waals surface area contributed by atoms with Crippen molar-refractivity contribution in [2.75, 3.05) is 4.90 Å². The molecule has 6 heteroatoms. The molecule has 0 radical (unpaired) electrons. The molecule has 2 aromatic carbocycles. The van der Waals surface area contributed by atoms with Gasteiger partial charge in [0, 0.05) is 17.6 Å². The number of hydrogen-bond donors (Lipinski definition) is 1. The molecule has 1 aliphatic rings. The molecule has 3 aromatic rings. The molecule has 0 unspecified atom stereocenters. The van der Waals surface area contributed by atoms with E-state index in [2.05, 4.69) is 5.32 Å². The van der Waals surface area contributed by atoms with E-state index < -0.39 is 11.8 Å². The summed E-state index contributed by atoms with van der Waals surface area (Å²) in [5.74, 6) is -0.922. The molecule has 1 aromatic heterocycles. The van der Waals surface area contributed by atoms with Crippen LogP contribution in [0.4, 0.5) is 5.69 Å². The van der Waals surface area contributed by atoms with E-state index in [1.54, 1.807) is 6.08 Å². The van der Waals surface area contributed by atoms with E-state index in [9.17, 15) is 9.59 Å². The van der Waals surface area contributed by atoms with Gasteiger partial charge in [0.05, 0.1) is 5.69 Å². The first-order valence-corrected chi connectivity index (χ1v) is 9.98. The van der Waals surface area contributed by atoms with Gasteiger partial charge < -0.3 is 4.57 Å². The maximum atomic E-state index is 13.2. The highest BCUT2D eigenvalue weighted by Gasteiger charge is 2.34. The number of carbonyl (C=O) groups is 2. The van der Waals surface area contributed by atoms with Gasteiger partial charge in [-0.05, 0) is 86.1 Å². The zero-order valence-corrected chi connectivity index (χ0v) is 17.8. The molecule has 0 atom stereocenters. The third-order valence-electron chi connectivity index (χ3n) is 4.95. The van der Waals surface area contributed by atoms with Crippen molar-refractivity contribution in [2.45, 2.75) is 20.8 Å². The van der Waals surface area contributed by atoms with Crippen LogP contribution in [-0.2, 0) is 9.59 Å². The highest BCUT2D eigenvalue weighted by molar-refractivity contribution is 7.80. The fourth-order valence-electron chi connectivity index (χ4n) is 3.68.